The highest BCUT2D eigenvalue weighted by Crippen LogP contribution is 2.23. The molecule has 0 saturated carbocycles. The summed E-state index contributed by atoms with van der Waals surface area (Å²) >= 11 is 0. The van der Waals surface area contributed by atoms with Gasteiger partial charge in [-0.25, -0.2) is 0 Å². The van der Waals surface area contributed by atoms with Crippen molar-refractivity contribution in [2.75, 3.05) is 19.8 Å². The van der Waals surface area contributed by atoms with E-state index in [1.165, 1.54) is 244 Å². The van der Waals surface area contributed by atoms with Crippen LogP contribution in [0.3, 0.4) is 0 Å². The van der Waals surface area contributed by atoms with Crippen molar-refractivity contribution in [3.63, 3.8) is 0 Å². The first-order valence-corrected chi connectivity index (χ1v) is 36.6. The van der Waals surface area contributed by atoms with Crippen LogP contribution in [0.25, 0.3) is 0 Å². The molecule has 86 heavy (non-hydrogen) atoms. The quantitative estimate of drug-likeness (QED) is 0.0195. The monoisotopic (exact) mass is 1210 g/mol. The van der Waals surface area contributed by atoms with E-state index in [0.29, 0.717) is 19.4 Å². The average Bonchev–Trinajstić information content (AvgIpc) is 3.60. The van der Waals surface area contributed by atoms with Gasteiger partial charge in [0.1, 0.15) is 24.4 Å². The minimum Gasteiger partial charge on any atom is -0.466 e. The SMILES string of the molecule is CCCCCC/C=C\C/C=C\CCCCCCCCCC(=O)OCCCCCCCCCCC/C=C\C/C=C\CCCCCCCCCCCCCCCCCC(=O)NC(COC1OC(CO)C(O)C(O)C1O)C(O)/C=C/CCCCCCCCC. The zero-order valence-corrected chi connectivity index (χ0v) is 55.8. The second-order valence-corrected chi connectivity index (χ2v) is 25.3. The summed E-state index contributed by atoms with van der Waals surface area (Å²) in [7, 11) is 0. The van der Waals surface area contributed by atoms with E-state index >= 15 is 0 Å². The number of ether oxygens (including phenoxy) is 3. The van der Waals surface area contributed by atoms with Crippen LogP contribution >= 0.6 is 0 Å². The first-order valence-electron chi connectivity index (χ1n) is 36.6. The van der Waals surface area contributed by atoms with Crippen molar-refractivity contribution >= 4 is 11.9 Å². The van der Waals surface area contributed by atoms with Gasteiger partial charge >= 0.3 is 5.97 Å². The van der Waals surface area contributed by atoms with E-state index in [0.717, 1.165) is 70.6 Å². The molecule has 1 aliphatic heterocycles. The van der Waals surface area contributed by atoms with E-state index in [2.05, 4.69) is 67.8 Å². The number of nitrogens with one attached hydrogen (secondary N) is 1. The Morgan fingerprint density at radius 2 is 0.779 bits per heavy atom. The molecule has 1 saturated heterocycles. The molecule has 0 aromatic carbocycles. The smallest absolute Gasteiger partial charge is 0.305 e. The highest BCUT2D eigenvalue weighted by Gasteiger charge is 2.44. The van der Waals surface area contributed by atoms with Gasteiger partial charge in [0.2, 0.25) is 5.91 Å². The van der Waals surface area contributed by atoms with Gasteiger partial charge in [-0.15, -0.1) is 0 Å². The summed E-state index contributed by atoms with van der Waals surface area (Å²) in [5.41, 5.74) is 0. The average molecular weight is 1210 g/mol. The van der Waals surface area contributed by atoms with Gasteiger partial charge in [0.05, 0.1) is 32.0 Å². The van der Waals surface area contributed by atoms with Crippen LogP contribution < -0.4 is 5.32 Å². The van der Waals surface area contributed by atoms with Crippen LogP contribution in [0.4, 0.5) is 0 Å². The van der Waals surface area contributed by atoms with E-state index in [4.69, 9.17) is 14.2 Å². The Morgan fingerprint density at radius 1 is 0.430 bits per heavy atom. The predicted octanol–water partition coefficient (Wildman–Crippen LogP) is 18.9. The van der Waals surface area contributed by atoms with Crippen molar-refractivity contribution < 1.29 is 49.3 Å². The number of carbonyl (C=O) groups excluding carboxylic acids is 2. The standard InChI is InChI=1S/C75H137NO10/c1-3-5-7-9-11-13-14-15-16-17-34-37-40-43-47-51-55-59-63-71(80)84-64-60-56-52-48-44-41-38-35-32-30-28-26-24-22-20-18-19-21-23-25-27-29-31-33-36-39-42-46-50-54-58-62-70(79)76-67(68(78)61-57-53-49-45-12-10-8-6-4-2)66-85-75-74(83)73(82)72(81)69(65-77)86-75/h13-14,16-17,20,22,26,28,57,61,67-69,72-75,77-78,81-83H,3-12,15,18-19,21,23-25,27,29-56,58-60,62-66H2,1-2H3,(H,76,79)/b14-13-,17-16-,22-20-,28-26-,61-57+. The molecule has 1 aliphatic rings. The molecule has 1 amide bonds. The minimum atomic E-state index is -1.57. The van der Waals surface area contributed by atoms with Crippen LogP contribution in [0.5, 0.6) is 0 Å². The lowest BCUT2D eigenvalue weighted by molar-refractivity contribution is -0.302. The molecule has 7 atom stereocenters. The number of amides is 1. The van der Waals surface area contributed by atoms with Crippen LogP contribution in [-0.2, 0) is 23.8 Å². The van der Waals surface area contributed by atoms with E-state index in [-0.39, 0.29) is 18.5 Å². The number of aliphatic hydroxyl groups is 5. The Labute approximate surface area is 528 Å². The highest BCUT2D eigenvalue weighted by molar-refractivity contribution is 5.76. The van der Waals surface area contributed by atoms with Crippen molar-refractivity contribution in [2.24, 2.45) is 0 Å². The van der Waals surface area contributed by atoms with Crippen LogP contribution in [0, 0.1) is 0 Å². The molecule has 1 rings (SSSR count). The maximum Gasteiger partial charge on any atom is 0.305 e. The van der Waals surface area contributed by atoms with Crippen LogP contribution in [0.2, 0.25) is 0 Å². The van der Waals surface area contributed by atoms with Gasteiger partial charge in [-0.1, -0.05) is 293 Å². The number of esters is 1. The molecular weight excluding hydrogens is 1070 g/mol. The molecule has 0 radical (unpaired) electrons. The lowest BCUT2D eigenvalue weighted by Gasteiger charge is -2.40. The maximum atomic E-state index is 13.0. The van der Waals surface area contributed by atoms with Crippen molar-refractivity contribution in [1.29, 1.82) is 0 Å². The van der Waals surface area contributed by atoms with E-state index < -0.39 is 49.5 Å². The van der Waals surface area contributed by atoms with Crippen molar-refractivity contribution in [3.8, 4) is 0 Å². The summed E-state index contributed by atoms with van der Waals surface area (Å²) in [6.45, 7) is 4.31. The Hall–Kier alpha value is -2.64. The van der Waals surface area contributed by atoms with Crippen LogP contribution in [0.1, 0.15) is 341 Å². The van der Waals surface area contributed by atoms with Gasteiger partial charge < -0.3 is 45.1 Å². The molecule has 0 aliphatic carbocycles. The molecule has 11 nitrogen and oxygen atoms in total. The van der Waals surface area contributed by atoms with E-state index in [1.807, 2.05) is 6.08 Å². The van der Waals surface area contributed by atoms with Gasteiger partial charge in [0, 0.05) is 12.8 Å². The molecule has 0 bridgehead atoms. The fraction of sp³-hybridized carbons (Fsp3) is 0.840. The van der Waals surface area contributed by atoms with Crippen molar-refractivity contribution in [2.45, 2.75) is 384 Å². The van der Waals surface area contributed by atoms with Gasteiger partial charge in [-0.3, -0.25) is 9.59 Å². The third-order valence-corrected chi connectivity index (χ3v) is 17.1. The summed E-state index contributed by atoms with van der Waals surface area (Å²) in [4.78, 5) is 25.1. The largest absolute Gasteiger partial charge is 0.466 e. The molecule has 11 heteroatoms. The van der Waals surface area contributed by atoms with Gasteiger partial charge in [0.25, 0.3) is 0 Å². The number of rotatable bonds is 64. The molecular formula is C75H137NO10. The van der Waals surface area contributed by atoms with Crippen molar-refractivity contribution in [3.05, 3.63) is 60.8 Å². The topological polar surface area (TPSA) is 175 Å². The first-order chi connectivity index (χ1) is 42.2. The number of unbranched alkanes of at least 4 members (excludes halogenated alkanes) is 42. The number of hydrogen-bond acceptors (Lipinski definition) is 10. The Morgan fingerprint density at radius 3 is 1.19 bits per heavy atom. The Balaban J connectivity index is 1.91. The zero-order valence-electron chi connectivity index (χ0n) is 55.8. The third kappa shape index (κ3) is 52.2. The predicted molar refractivity (Wildman–Crippen MR) is 361 cm³/mol. The van der Waals surface area contributed by atoms with Crippen molar-refractivity contribution in [1.82, 2.24) is 5.32 Å². The second kappa shape index (κ2) is 63.9. The number of hydrogen-bond donors (Lipinski definition) is 6. The summed E-state index contributed by atoms with van der Waals surface area (Å²) < 4.78 is 16.7. The summed E-state index contributed by atoms with van der Waals surface area (Å²) in [6.07, 6.45) is 75.2. The lowest BCUT2D eigenvalue weighted by atomic mass is 9.99. The first kappa shape index (κ1) is 81.4. The molecule has 0 spiro atoms. The van der Waals surface area contributed by atoms with E-state index in [9.17, 15) is 35.1 Å². The maximum absolute atomic E-state index is 13.0. The number of aliphatic hydroxyl groups excluding tert-OH is 5. The van der Waals surface area contributed by atoms with Crippen LogP contribution in [-0.4, -0.2) is 100 Å². The summed E-state index contributed by atoms with van der Waals surface area (Å²) in [6, 6.07) is -0.809. The number of allylic oxidation sites excluding steroid dienone is 9. The fourth-order valence-corrected chi connectivity index (χ4v) is 11.3. The fourth-order valence-electron chi connectivity index (χ4n) is 11.3. The molecule has 1 heterocycles. The normalized spacial score (nSPS) is 18.2. The Bertz CT molecular complexity index is 1610. The molecule has 7 unspecified atom stereocenters. The van der Waals surface area contributed by atoms with E-state index in [1.54, 1.807) is 6.08 Å². The molecule has 1 fully saturated rings. The molecule has 0 aromatic rings. The molecule has 0 aromatic heterocycles. The minimum absolute atomic E-state index is 0.00228. The third-order valence-electron chi connectivity index (χ3n) is 17.1. The summed E-state index contributed by atoms with van der Waals surface area (Å²) in [5, 5.41) is 54.3. The number of carbonyl (C=O) groups is 2. The summed E-state index contributed by atoms with van der Waals surface area (Å²) in [5.74, 6) is -0.185. The van der Waals surface area contributed by atoms with Gasteiger partial charge in [0.15, 0.2) is 6.29 Å². The van der Waals surface area contributed by atoms with Crippen LogP contribution in [0.15, 0.2) is 60.8 Å². The second-order valence-electron chi connectivity index (χ2n) is 25.3. The van der Waals surface area contributed by atoms with Gasteiger partial charge in [-0.05, 0) is 96.3 Å². The highest BCUT2D eigenvalue weighted by atomic mass is 16.7. The molecule has 6 N–H and O–H groups in total. The molecule has 502 valence electrons. The zero-order chi connectivity index (χ0) is 62.3. The van der Waals surface area contributed by atoms with Gasteiger partial charge in [-0.2, -0.15) is 0 Å². The Kier molecular flexibility index (Phi) is 60.5. The lowest BCUT2D eigenvalue weighted by Crippen LogP contribution is -2.60.